The maximum atomic E-state index is 4.84. The summed E-state index contributed by atoms with van der Waals surface area (Å²) in [6, 6.07) is 11.0. The van der Waals surface area contributed by atoms with Crippen LogP contribution in [0.5, 0.6) is 0 Å². The summed E-state index contributed by atoms with van der Waals surface area (Å²) in [5, 5.41) is 3.56. The van der Waals surface area contributed by atoms with Crippen LogP contribution in [0, 0.1) is 11.8 Å². The van der Waals surface area contributed by atoms with Gasteiger partial charge < -0.3 is 10.2 Å². The monoisotopic (exact) mass is 313 g/mol. The molecule has 1 heterocycles. The van der Waals surface area contributed by atoms with Gasteiger partial charge >= 0.3 is 0 Å². The predicted molar refractivity (Wildman–Crippen MR) is 98.9 cm³/mol. The second-order valence-corrected chi connectivity index (χ2v) is 7.60. The van der Waals surface area contributed by atoms with E-state index in [4.69, 9.17) is 4.99 Å². The first-order valence-corrected chi connectivity index (χ1v) is 9.35. The second kappa shape index (κ2) is 7.85. The number of nitrogens with zero attached hydrogens (tertiary/aromatic N) is 2. The first-order chi connectivity index (χ1) is 11.2. The van der Waals surface area contributed by atoms with Crippen molar-refractivity contribution >= 4 is 11.6 Å². The number of anilines is 1. The number of aliphatic imine (C=N–C) groups is 1. The van der Waals surface area contributed by atoms with Crippen molar-refractivity contribution in [2.24, 2.45) is 16.8 Å². The molecule has 3 heteroatoms. The molecule has 1 fully saturated rings. The number of para-hydroxylation sites is 1. The molecule has 0 aromatic heterocycles. The minimum absolute atomic E-state index is 0.572. The van der Waals surface area contributed by atoms with Gasteiger partial charge in [-0.25, -0.2) is 0 Å². The summed E-state index contributed by atoms with van der Waals surface area (Å²) in [5.74, 6) is 2.66. The molecule has 126 valence electrons. The molecule has 1 aromatic rings. The molecule has 1 saturated carbocycles. The Labute approximate surface area is 141 Å². The molecule has 0 saturated heterocycles. The van der Waals surface area contributed by atoms with E-state index < -0.39 is 0 Å². The molecule has 2 aliphatic rings. The van der Waals surface area contributed by atoms with E-state index in [1.807, 2.05) is 0 Å². The van der Waals surface area contributed by atoms with Crippen LogP contribution < -0.4 is 5.32 Å². The van der Waals surface area contributed by atoms with Crippen LogP contribution in [0.1, 0.15) is 52.4 Å². The maximum Gasteiger partial charge on any atom is 0.198 e. The molecule has 1 aromatic carbocycles. The van der Waals surface area contributed by atoms with Gasteiger partial charge in [-0.05, 0) is 43.2 Å². The first-order valence-electron chi connectivity index (χ1n) is 9.35. The Hall–Kier alpha value is -1.51. The molecule has 1 atom stereocenters. The number of hydrogen-bond donors (Lipinski definition) is 1. The molecule has 3 rings (SSSR count). The average Bonchev–Trinajstić information content (AvgIpc) is 2.91. The highest BCUT2D eigenvalue weighted by Gasteiger charge is 2.30. The number of hydrogen-bond acceptors (Lipinski definition) is 3. The highest BCUT2D eigenvalue weighted by molar-refractivity contribution is 5.95. The van der Waals surface area contributed by atoms with Crippen LogP contribution in [0.4, 0.5) is 5.69 Å². The highest BCUT2D eigenvalue weighted by atomic mass is 15.4. The molecule has 3 nitrogen and oxygen atoms in total. The maximum absolute atomic E-state index is 4.84. The highest BCUT2D eigenvalue weighted by Crippen LogP contribution is 2.28. The first kappa shape index (κ1) is 16.4. The lowest BCUT2D eigenvalue weighted by molar-refractivity contribution is 0.227. The zero-order valence-corrected chi connectivity index (χ0v) is 14.7. The third kappa shape index (κ3) is 4.49. The van der Waals surface area contributed by atoms with Gasteiger partial charge in [0.15, 0.2) is 5.96 Å². The van der Waals surface area contributed by atoms with Crippen molar-refractivity contribution < 1.29 is 0 Å². The summed E-state index contributed by atoms with van der Waals surface area (Å²) < 4.78 is 0. The van der Waals surface area contributed by atoms with Crippen LogP contribution in [0.2, 0.25) is 0 Å². The summed E-state index contributed by atoms with van der Waals surface area (Å²) in [4.78, 5) is 7.42. The zero-order valence-electron chi connectivity index (χ0n) is 14.7. The zero-order chi connectivity index (χ0) is 16.1. The summed E-state index contributed by atoms with van der Waals surface area (Å²) in [6.45, 7) is 6.76. The Morgan fingerprint density at radius 3 is 2.57 bits per heavy atom. The van der Waals surface area contributed by atoms with Crippen molar-refractivity contribution in [3.8, 4) is 0 Å². The van der Waals surface area contributed by atoms with E-state index in [0.717, 1.165) is 30.0 Å². The topological polar surface area (TPSA) is 27.6 Å². The smallest absolute Gasteiger partial charge is 0.198 e. The van der Waals surface area contributed by atoms with Crippen molar-refractivity contribution in [1.29, 1.82) is 0 Å². The van der Waals surface area contributed by atoms with Crippen molar-refractivity contribution in [3.05, 3.63) is 30.3 Å². The van der Waals surface area contributed by atoms with Gasteiger partial charge in [0.05, 0.1) is 12.6 Å². The van der Waals surface area contributed by atoms with Crippen LogP contribution in [0.3, 0.4) is 0 Å². The SMILES string of the molecule is CC(C)C[C@H]1CN=C(Nc2ccccc2)N1CC1CCCCC1. The van der Waals surface area contributed by atoms with Gasteiger partial charge in [0.1, 0.15) is 0 Å². The average molecular weight is 313 g/mol. The van der Waals surface area contributed by atoms with Crippen molar-refractivity contribution in [2.45, 2.75) is 58.4 Å². The standard InChI is InChI=1S/C20H31N3/c1-16(2)13-19-14-21-20(22-18-11-7-4-8-12-18)23(19)15-17-9-5-3-6-10-17/h4,7-8,11-12,16-17,19H,3,5-6,9-10,13-15H2,1-2H3,(H,21,22)/t19-/m0/s1. The number of nitrogens with one attached hydrogen (secondary N) is 1. The van der Waals surface area contributed by atoms with Gasteiger partial charge in [-0.3, -0.25) is 4.99 Å². The molecule has 0 spiro atoms. The van der Waals surface area contributed by atoms with E-state index in [9.17, 15) is 0 Å². The van der Waals surface area contributed by atoms with Crippen molar-refractivity contribution in [3.63, 3.8) is 0 Å². The third-order valence-corrected chi connectivity index (χ3v) is 5.12. The van der Waals surface area contributed by atoms with Gasteiger partial charge in [0, 0.05) is 12.2 Å². The molecule has 1 aliphatic carbocycles. The van der Waals surface area contributed by atoms with E-state index in [0.29, 0.717) is 6.04 Å². The second-order valence-electron chi connectivity index (χ2n) is 7.60. The summed E-state index contributed by atoms with van der Waals surface area (Å²) >= 11 is 0. The Morgan fingerprint density at radius 1 is 1.13 bits per heavy atom. The minimum atomic E-state index is 0.572. The largest absolute Gasteiger partial charge is 0.338 e. The Balaban J connectivity index is 1.68. The van der Waals surface area contributed by atoms with Gasteiger partial charge in [0.25, 0.3) is 0 Å². The fourth-order valence-corrected chi connectivity index (χ4v) is 3.95. The van der Waals surface area contributed by atoms with Gasteiger partial charge in [-0.1, -0.05) is 51.3 Å². The quantitative estimate of drug-likeness (QED) is 0.848. The minimum Gasteiger partial charge on any atom is -0.338 e. The number of rotatable bonds is 5. The van der Waals surface area contributed by atoms with Gasteiger partial charge in [0.2, 0.25) is 0 Å². The van der Waals surface area contributed by atoms with Gasteiger partial charge in [-0.15, -0.1) is 0 Å². The molecule has 0 amide bonds. The van der Waals surface area contributed by atoms with E-state index in [1.54, 1.807) is 0 Å². The normalized spacial score (nSPS) is 22.5. The van der Waals surface area contributed by atoms with E-state index in [2.05, 4.69) is 54.4 Å². The lowest BCUT2D eigenvalue weighted by atomic mass is 9.88. The third-order valence-electron chi connectivity index (χ3n) is 5.12. The molecular weight excluding hydrogens is 282 g/mol. The fourth-order valence-electron chi connectivity index (χ4n) is 3.95. The van der Waals surface area contributed by atoms with Crippen LogP contribution >= 0.6 is 0 Å². The van der Waals surface area contributed by atoms with E-state index >= 15 is 0 Å². The lowest BCUT2D eigenvalue weighted by Crippen LogP contribution is -2.43. The molecule has 0 bridgehead atoms. The Bertz CT molecular complexity index is 503. The molecule has 0 unspecified atom stereocenters. The molecule has 0 radical (unpaired) electrons. The molecule has 23 heavy (non-hydrogen) atoms. The van der Waals surface area contributed by atoms with E-state index in [-0.39, 0.29) is 0 Å². The predicted octanol–water partition coefficient (Wildman–Crippen LogP) is 4.77. The summed E-state index contributed by atoms with van der Waals surface area (Å²) in [6.07, 6.45) is 8.26. The molecule has 1 aliphatic heterocycles. The van der Waals surface area contributed by atoms with Crippen molar-refractivity contribution in [1.82, 2.24) is 4.90 Å². The fraction of sp³-hybridized carbons (Fsp3) is 0.650. The Morgan fingerprint density at radius 2 is 1.87 bits per heavy atom. The van der Waals surface area contributed by atoms with Crippen LogP contribution in [0.15, 0.2) is 35.3 Å². The molecule has 1 N–H and O–H groups in total. The number of benzene rings is 1. The van der Waals surface area contributed by atoms with Crippen LogP contribution in [0.25, 0.3) is 0 Å². The van der Waals surface area contributed by atoms with Crippen LogP contribution in [-0.2, 0) is 0 Å². The molecular formula is C20H31N3. The Kier molecular flexibility index (Phi) is 5.58. The summed E-state index contributed by atoms with van der Waals surface area (Å²) in [7, 11) is 0. The van der Waals surface area contributed by atoms with Gasteiger partial charge in [-0.2, -0.15) is 0 Å². The summed E-state index contributed by atoms with van der Waals surface area (Å²) in [5.41, 5.74) is 1.14. The van der Waals surface area contributed by atoms with Crippen LogP contribution in [-0.4, -0.2) is 30.0 Å². The van der Waals surface area contributed by atoms with Crippen molar-refractivity contribution in [2.75, 3.05) is 18.4 Å². The number of guanidine groups is 1. The lowest BCUT2D eigenvalue weighted by Gasteiger charge is -2.34. The van der Waals surface area contributed by atoms with E-state index in [1.165, 1.54) is 45.1 Å².